The fourth-order valence-corrected chi connectivity index (χ4v) is 5.60. The number of anilines is 1. The second kappa shape index (κ2) is 9.53. The molecule has 2 aromatic rings. The van der Waals surface area contributed by atoms with Crippen molar-refractivity contribution in [1.82, 2.24) is 4.90 Å². The van der Waals surface area contributed by atoms with Crippen LogP contribution in [0.15, 0.2) is 66.7 Å². The van der Waals surface area contributed by atoms with E-state index in [1.165, 1.54) is 13.0 Å². The van der Waals surface area contributed by atoms with Crippen LogP contribution >= 0.6 is 0 Å². The van der Waals surface area contributed by atoms with Gasteiger partial charge in [0.1, 0.15) is 6.04 Å². The SMILES string of the molecule is CC(=O)c1cccc(NC(=O)COC(=O)[C@H](Cc2ccccc2)N2C(=O)[C@@H]3[C@H](C2=O)[C@H]2C=C[C@H]3C2)c1. The van der Waals surface area contributed by atoms with E-state index in [2.05, 4.69) is 5.32 Å². The largest absolute Gasteiger partial charge is 0.454 e. The normalized spacial score (nSPS) is 24.5. The Morgan fingerprint density at radius 3 is 2.28 bits per heavy atom. The van der Waals surface area contributed by atoms with E-state index >= 15 is 0 Å². The highest BCUT2D eigenvalue weighted by molar-refractivity contribution is 6.09. The lowest BCUT2D eigenvalue weighted by atomic mass is 9.85. The van der Waals surface area contributed by atoms with Crippen molar-refractivity contribution in [2.75, 3.05) is 11.9 Å². The van der Waals surface area contributed by atoms with Crippen molar-refractivity contribution >= 4 is 35.2 Å². The van der Waals surface area contributed by atoms with Gasteiger partial charge < -0.3 is 10.1 Å². The molecule has 184 valence electrons. The van der Waals surface area contributed by atoms with Gasteiger partial charge in [-0.15, -0.1) is 0 Å². The zero-order chi connectivity index (χ0) is 25.4. The number of imide groups is 1. The predicted molar refractivity (Wildman–Crippen MR) is 130 cm³/mol. The van der Waals surface area contributed by atoms with Gasteiger partial charge in [-0.25, -0.2) is 4.79 Å². The maximum absolute atomic E-state index is 13.3. The van der Waals surface area contributed by atoms with Crippen LogP contribution in [0.5, 0.6) is 0 Å². The van der Waals surface area contributed by atoms with Crippen LogP contribution in [0.2, 0.25) is 0 Å². The van der Waals surface area contributed by atoms with Gasteiger partial charge in [-0.05, 0) is 42.9 Å². The molecule has 0 aromatic heterocycles. The molecule has 8 heteroatoms. The summed E-state index contributed by atoms with van der Waals surface area (Å²) in [5.74, 6) is -3.07. The molecule has 1 saturated heterocycles. The number of amides is 3. The number of nitrogens with one attached hydrogen (secondary N) is 1. The predicted octanol–water partition coefficient (Wildman–Crippen LogP) is 2.79. The first-order valence-corrected chi connectivity index (χ1v) is 12.0. The van der Waals surface area contributed by atoms with Crippen molar-refractivity contribution in [2.45, 2.75) is 25.8 Å². The summed E-state index contributed by atoms with van der Waals surface area (Å²) in [6, 6.07) is 14.3. The highest BCUT2D eigenvalue weighted by Gasteiger charge is 2.61. The molecule has 5 rings (SSSR count). The van der Waals surface area contributed by atoms with Crippen molar-refractivity contribution in [3.63, 3.8) is 0 Å². The molecule has 2 aromatic carbocycles. The Morgan fingerprint density at radius 1 is 0.972 bits per heavy atom. The van der Waals surface area contributed by atoms with Gasteiger partial charge in [0.2, 0.25) is 11.8 Å². The van der Waals surface area contributed by atoms with Gasteiger partial charge in [0, 0.05) is 17.7 Å². The number of ether oxygens (including phenoxy) is 1. The summed E-state index contributed by atoms with van der Waals surface area (Å²) in [6.07, 6.45) is 4.88. The average Bonchev–Trinajstić information content (AvgIpc) is 3.56. The van der Waals surface area contributed by atoms with Crippen LogP contribution in [0.1, 0.15) is 29.3 Å². The lowest BCUT2D eigenvalue weighted by molar-refractivity contribution is -0.160. The van der Waals surface area contributed by atoms with E-state index in [9.17, 15) is 24.0 Å². The maximum Gasteiger partial charge on any atom is 0.330 e. The first kappa shape index (κ1) is 23.7. The number of esters is 1. The number of fused-ring (bicyclic) bond motifs is 5. The van der Waals surface area contributed by atoms with E-state index in [1.807, 2.05) is 42.5 Å². The van der Waals surface area contributed by atoms with Crippen LogP contribution in [0, 0.1) is 23.7 Å². The fraction of sp³-hybridized carbons (Fsp3) is 0.321. The Labute approximate surface area is 208 Å². The lowest BCUT2D eigenvalue weighted by Gasteiger charge is -2.26. The van der Waals surface area contributed by atoms with E-state index < -0.39 is 36.4 Å². The third-order valence-corrected chi connectivity index (χ3v) is 7.26. The number of nitrogens with zero attached hydrogens (tertiary/aromatic N) is 1. The van der Waals surface area contributed by atoms with E-state index in [-0.39, 0.29) is 35.9 Å². The Bertz CT molecular complexity index is 1240. The summed E-state index contributed by atoms with van der Waals surface area (Å²) in [6.45, 7) is 0.830. The van der Waals surface area contributed by atoms with Gasteiger partial charge >= 0.3 is 5.97 Å². The van der Waals surface area contributed by atoms with E-state index in [1.54, 1.807) is 18.2 Å². The first-order chi connectivity index (χ1) is 17.3. The Hall–Kier alpha value is -4.07. The van der Waals surface area contributed by atoms with Gasteiger partial charge in [0.05, 0.1) is 11.8 Å². The fourth-order valence-electron chi connectivity index (χ4n) is 5.60. The van der Waals surface area contributed by atoms with Crippen molar-refractivity contribution < 1.29 is 28.7 Å². The summed E-state index contributed by atoms with van der Waals surface area (Å²) < 4.78 is 5.31. The molecular weight excluding hydrogens is 460 g/mol. The minimum Gasteiger partial charge on any atom is -0.454 e. The van der Waals surface area contributed by atoms with Crippen LogP contribution in [0.3, 0.4) is 0 Å². The van der Waals surface area contributed by atoms with E-state index in [4.69, 9.17) is 4.74 Å². The Balaban J connectivity index is 1.30. The van der Waals surface area contributed by atoms with Gasteiger partial charge in [0.15, 0.2) is 12.4 Å². The molecule has 0 unspecified atom stereocenters. The zero-order valence-corrected chi connectivity index (χ0v) is 19.8. The summed E-state index contributed by atoms with van der Waals surface area (Å²) >= 11 is 0. The first-order valence-electron chi connectivity index (χ1n) is 12.0. The number of benzene rings is 2. The summed E-state index contributed by atoms with van der Waals surface area (Å²) in [4.78, 5) is 65.0. The van der Waals surface area contributed by atoms with Crippen LogP contribution in [-0.2, 0) is 30.3 Å². The van der Waals surface area contributed by atoms with Crippen LogP contribution in [-0.4, -0.2) is 47.0 Å². The van der Waals surface area contributed by atoms with Crippen molar-refractivity contribution in [2.24, 2.45) is 23.7 Å². The maximum atomic E-state index is 13.3. The molecule has 5 atom stereocenters. The summed E-state index contributed by atoms with van der Waals surface area (Å²) in [7, 11) is 0. The van der Waals surface area contributed by atoms with Gasteiger partial charge in [0.25, 0.3) is 5.91 Å². The molecule has 1 aliphatic heterocycles. The molecule has 1 heterocycles. The van der Waals surface area contributed by atoms with E-state index in [0.717, 1.165) is 16.9 Å². The molecular formula is C28H26N2O6. The van der Waals surface area contributed by atoms with Crippen molar-refractivity contribution in [1.29, 1.82) is 0 Å². The average molecular weight is 487 g/mol. The minimum atomic E-state index is -1.16. The third kappa shape index (κ3) is 4.34. The number of likely N-dealkylation sites (tertiary alicyclic amines) is 1. The quantitative estimate of drug-likeness (QED) is 0.266. The van der Waals surface area contributed by atoms with E-state index in [0.29, 0.717) is 11.3 Å². The number of Topliss-reactive ketones (excluding diaryl/α,β-unsaturated/α-hetero) is 1. The second-order valence-corrected chi connectivity index (χ2v) is 9.54. The van der Waals surface area contributed by atoms with Crippen LogP contribution in [0.4, 0.5) is 5.69 Å². The molecule has 0 spiro atoms. The monoisotopic (exact) mass is 486 g/mol. The number of rotatable bonds is 8. The molecule has 3 aliphatic rings. The molecule has 0 radical (unpaired) electrons. The van der Waals surface area contributed by atoms with Crippen LogP contribution in [0.25, 0.3) is 0 Å². The Morgan fingerprint density at radius 2 is 1.64 bits per heavy atom. The highest BCUT2D eigenvalue weighted by Crippen LogP contribution is 2.53. The van der Waals surface area contributed by atoms with Gasteiger partial charge in [-0.3, -0.25) is 24.1 Å². The smallest absolute Gasteiger partial charge is 0.330 e. The van der Waals surface area contributed by atoms with Crippen LogP contribution < -0.4 is 5.32 Å². The second-order valence-electron chi connectivity index (χ2n) is 9.54. The number of allylic oxidation sites excluding steroid dienone is 2. The molecule has 1 N–H and O–H groups in total. The standard InChI is InChI=1S/C28H26N2O6/c1-16(31)18-8-5-9-21(14-18)29-23(32)15-36-28(35)22(12-17-6-3-2-4-7-17)30-26(33)24-19-10-11-20(13-19)25(24)27(30)34/h2-11,14,19-20,22,24-25H,12-13,15H2,1H3,(H,29,32)/t19-,20-,22-,24-,25+/m0/s1. The third-order valence-electron chi connectivity index (χ3n) is 7.26. The summed E-state index contributed by atoms with van der Waals surface area (Å²) in [5, 5.41) is 2.60. The molecule has 36 heavy (non-hydrogen) atoms. The number of carbonyl (C=O) groups excluding carboxylic acids is 5. The zero-order valence-electron chi connectivity index (χ0n) is 19.8. The van der Waals surface area contributed by atoms with Crippen molar-refractivity contribution in [3.8, 4) is 0 Å². The highest BCUT2D eigenvalue weighted by atomic mass is 16.5. The number of hydrogen-bond donors (Lipinski definition) is 1. The molecule has 1 saturated carbocycles. The molecule has 2 fully saturated rings. The minimum absolute atomic E-state index is 0.0198. The molecule has 8 nitrogen and oxygen atoms in total. The lowest BCUT2D eigenvalue weighted by Crippen LogP contribution is -2.48. The number of carbonyl (C=O) groups is 5. The number of hydrogen-bond acceptors (Lipinski definition) is 6. The van der Waals surface area contributed by atoms with Gasteiger partial charge in [-0.2, -0.15) is 0 Å². The van der Waals surface area contributed by atoms with Crippen molar-refractivity contribution in [3.05, 3.63) is 77.9 Å². The molecule has 3 amide bonds. The van der Waals surface area contributed by atoms with Gasteiger partial charge in [-0.1, -0.05) is 54.6 Å². The molecule has 2 bridgehead atoms. The molecule has 2 aliphatic carbocycles. The Kier molecular flexibility index (Phi) is 6.26. The topological polar surface area (TPSA) is 110 Å². The summed E-state index contributed by atoms with van der Waals surface area (Å²) in [5.41, 5.74) is 1.60. The number of ketones is 1.